The standard InChI is InChI=1S/C20H17BrFN5S/c21-15-11-28-18-17(15)26-19(14-6-7-24-10-16(14)22)27-20(18)25-9-13(23)8-12-4-2-1-3-5-12/h1-7,10-11,13H,8-9,23H2,(H,25,26,27)/t13-/m0/s1. The maximum Gasteiger partial charge on any atom is 0.165 e. The third-order valence-corrected chi connectivity index (χ3v) is 6.14. The SMILES string of the molecule is N[C@H](CNc1nc(-c2ccncc2F)nc2c(Br)csc12)Cc1ccccc1. The average Bonchev–Trinajstić information content (AvgIpc) is 3.08. The molecule has 0 aliphatic rings. The second-order valence-electron chi connectivity index (χ2n) is 6.34. The Kier molecular flexibility index (Phi) is 5.61. The number of thiophene rings is 1. The van der Waals surface area contributed by atoms with E-state index in [-0.39, 0.29) is 6.04 Å². The molecular weight excluding hydrogens is 441 g/mol. The predicted octanol–water partition coefficient (Wildman–Crippen LogP) is 4.64. The van der Waals surface area contributed by atoms with Crippen molar-refractivity contribution < 1.29 is 4.39 Å². The molecule has 142 valence electrons. The number of nitrogens with two attached hydrogens (primary N) is 1. The molecule has 0 aliphatic heterocycles. The Balaban J connectivity index is 1.62. The van der Waals surface area contributed by atoms with Gasteiger partial charge < -0.3 is 11.1 Å². The van der Waals surface area contributed by atoms with Gasteiger partial charge in [-0.25, -0.2) is 14.4 Å². The lowest BCUT2D eigenvalue weighted by Crippen LogP contribution is -2.31. The van der Waals surface area contributed by atoms with E-state index in [2.05, 4.69) is 48.3 Å². The van der Waals surface area contributed by atoms with Gasteiger partial charge in [0.05, 0.1) is 20.9 Å². The van der Waals surface area contributed by atoms with Gasteiger partial charge in [-0.3, -0.25) is 4.98 Å². The Hall–Kier alpha value is -2.42. The number of hydrogen-bond donors (Lipinski definition) is 2. The van der Waals surface area contributed by atoms with Crippen LogP contribution in [0.3, 0.4) is 0 Å². The van der Waals surface area contributed by atoms with E-state index >= 15 is 0 Å². The first kappa shape index (κ1) is 18.9. The topological polar surface area (TPSA) is 76.7 Å². The molecule has 5 nitrogen and oxygen atoms in total. The smallest absolute Gasteiger partial charge is 0.165 e. The molecule has 1 atom stereocenters. The fourth-order valence-corrected chi connectivity index (χ4v) is 4.43. The molecule has 4 rings (SSSR count). The molecule has 3 N–H and O–H groups in total. The van der Waals surface area contributed by atoms with E-state index in [9.17, 15) is 4.39 Å². The average molecular weight is 458 g/mol. The van der Waals surface area contributed by atoms with Crippen LogP contribution in [0.2, 0.25) is 0 Å². The number of fused-ring (bicyclic) bond motifs is 1. The number of pyridine rings is 1. The molecule has 3 aromatic heterocycles. The highest BCUT2D eigenvalue weighted by Crippen LogP contribution is 2.35. The quantitative estimate of drug-likeness (QED) is 0.441. The maximum absolute atomic E-state index is 14.2. The Morgan fingerprint density at radius 3 is 2.79 bits per heavy atom. The van der Waals surface area contributed by atoms with Gasteiger partial charge in [-0.15, -0.1) is 11.3 Å². The van der Waals surface area contributed by atoms with Crippen LogP contribution < -0.4 is 11.1 Å². The van der Waals surface area contributed by atoms with Crippen LogP contribution in [-0.4, -0.2) is 27.5 Å². The number of nitrogens with zero attached hydrogens (tertiary/aromatic N) is 3. The largest absolute Gasteiger partial charge is 0.367 e. The van der Waals surface area contributed by atoms with E-state index in [1.165, 1.54) is 23.1 Å². The fraction of sp³-hybridized carbons (Fsp3) is 0.150. The van der Waals surface area contributed by atoms with Crippen molar-refractivity contribution in [2.24, 2.45) is 5.73 Å². The summed E-state index contributed by atoms with van der Waals surface area (Å²) in [5, 5.41) is 5.27. The first-order valence-corrected chi connectivity index (χ1v) is 10.4. The zero-order chi connectivity index (χ0) is 19.5. The molecule has 0 aliphatic carbocycles. The van der Waals surface area contributed by atoms with Crippen molar-refractivity contribution >= 4 is 43.3 Å². The van der Waals surface area contributed by atoms with E-state index in [0.717, 1.165) is 27.3 Å². The zero-order valence-corrected chi connectivity index (χ0v) is 17.2. The lowest BCUT2D eigenvalue weighted by molar-refractivity contribution is 0.623. The van der Waals surface area contributed by atoms with Gasteiger partial charge in [-0.2, -0.15) is 0 Å². The van der Waals surface area contributed by atoms with Crippen molar-refractivity contribution in [3.05, 3.63) is 70.0 Å². The van der Waals surface area contributed by atoms with Crippen molar-refractivity contribution in [2.75, 3.05) is 11.9 Å². The second-order valence-corrected chi connectivity index (χ2v) is 8.08. The van der Waals surface area contributed by atoms with Gasteiger partial charge in [-0.05, 0) is 34.0 Å². The summed E-state index contributed by atoms with van der Waals surface area (Å²) in [6.07, 6.45) is 3.44. The Morgan fingerprint density at radius 2 is 2.00 bits per heavy atom. The third-order valence-electron chi connectivity index (χ3n) is 4.26. The molecule has 0 bridgehead atoms. The van der Waals surface area contributed by atoms with Crippen molar-refractivity contribution in [2.45, 2.75) is 12.5 Å². The normalized spacial score (nSPS) is 12.2. The van der Waals surface area contributed by atoms with Crippen LogP contribution in [0, 0.1) is 5.82 Å². The van der Waals surface area contributed by atoms with Crippen molar-refractivity contribution in [1.29, 1.82) is 0 Å². The van der Waals surface area contributed by atoms with E-state index in [0.29, 0.717) is 23.8 Å². The minimum Gasteiger partial charge on any atom is -0.367 e. The first-order chi connectivity index (χ1) is 13.6. The molecule has 1 aromatic carbocycles. The molecule has 8 heteroatoms. The summed E-state index contributed by atoms with van der Waals surface area (Å²) >= 11 is 5.04. The number of anilines is 1. The summed E-state index contributed by atoms with van der Waals surface area (Å²) in [5.74, 6) is 0.501. The Bertz CT molecular complexity index is 1100. The van der Waals surface area contributed by atoms with Gasteiger partial charge >= 0.3 is 0 Å². The van der Waals surface area contributed by atoms with E-state index in [1.54, 1.807) is 6.07 Å². The summed E-state index contributed by atoms with van der Waals surface area (Å²) in [7, 11) is 0. The van der Waals surface area contributed by atoms with Crippen LogP contribution in [0.4, 0.5) is 10.2 Å². The second kappa shape index (κ2) is 8.30. The van der Waals surface area contributed by atoms with E-state index < -0.39 is 5.82 Å². The third kappa shape index (κ3) is 4.04. The number of hydrogen-bond acceptors (Lipinski definition) is 6. The van der Waals surface area contributed by atoms with Gasteiger partial charge in [0, 0.05) is 24.2 Å². The van der Waals surface area contributed by atoms with E-state index in [1.807, 2.05) is 23.6 Å². The first-order valence-electron chi connectivity index (χ1n) is 8.70. The molecule has 0 fully saturated rings. The van der Waals surface area contributed by atoms with Gasteiger partial charge in [0.15, 0.2) is 11.6 Å². The van der Waals surface area contributed by atoms with E-state index in [4.69, 9.17) is 5.73 Å². The number of benzene rings is 1. The molecule has 0 saturated carbocycles. The number of halogens is 2. The molecular formula is C20H17BrFN5S. The van der Waals surface area contributed by atoms with Gasteiger partial charge in [0.2, 0.25) is 0 Å². The van der Waals surface area contributed by atoms with Gasteiger partial charge in [0.1, 0.15) is 11.3 Å². The molecule has 0 unspecified atom stereocenters. The van der Waals surface area contributed by atoms with Gasteiger partial charge in [-0.1, -0.05) is 30.3 Å². The van der Waals surface area contributed by atoms with Crippen molar-refractivity contribution in [1.82, 2.24) is 15.0 Å². The summed E-state index contributed by atoms with van der Waals surface area (Å²) in [4.78, 5) is 12.9. The monoisotopic (exact) mass is 457 g/mol. The molecule has 3 heterocycles. The zero-order valence-electron chi connectivity index (χ0n) is 14.8. The molecule has 28 heavy (non-hydrogen) atoms. The summed E-state index contributed by atoms with van der Waals surface area (Å²) in [6.45, 7) is 0.537. The van der Waals surface area contributed by atoms with Crippen LogP contribution in [-0.2, 0) is 6.42 Å². The lowest BCUT2D eigenvalue weighted by atomic mass is 10.1. The molecule has 4 aromatic rings. The number of nitrogens with one attached hydrogen (secondary N) is 1. The molecule has 0 radical (unpaired) electrons. The summed E-state index contributed by atoms with van der Waals surface area (Å²) in [6, 6.07) is 11.6. The van der Waals surface area contributed by atoms with Crippen LogP contribution in [0.25, 0.3) is 21.6 Å². The fourth-order valence-electron chi connectivity index (χ4n) is 2.90. The minimum atomic E-state index is -0.458. The van der Waals surface area contributed by atoms with Gasteiger partial charge in [0.25, 0.3) is 0 Å². The Labute approximate surface area is 174 Å². The van der Waals surface area contributed by atoms with Crippen LogP contribution in [0.5, 0.6) is 0 Å². The number of rotatable bonds is 6. The van der Waals surface area contributed by atoms with Crippen molar-refractivity contribution in [3.63, 3.8) is 0 Å². The molecule has 0 spiro atoms. The lowest BCUT2D eigenvalue weighted by Gasteiger charge is -2.14. The highest BCUT2D eigenvalue weighted by Gasteiger charge is 2.16. The highest BCUT2D eigenvalue weighted by atomic mass is 79.9. The van der Waals surface area contributed by atoms with Crippen LogP contribution >= 0.6 is 27.3 Å². The minimum absolute atomic E-state index is 0.0862. The maximum atomic E-state index is 14.2. The molecule has 0 saturated heterocycles. The van der Waals surface area contributed by atoms with Crippen molar-refractivity contribution in [3.8, 4) is 11.4 Å². The number of aromatic nitrogens is 3. The predicted molar refractivity (Wildman–Crippen MR) is 115 cm³/mol. The van der Waals surface area contributed by atoms with Crippen LogP contribution in [0.1, 0.15) is 5.56 Å². The summed E-state index contributed by atoms with van der Waals surface area (Å²) in [5.41, 5.74) is 8.53. The Morgan fingerprint density at radius 1 is 1.18 bits per heavy atom. The summed E-state index contributed by atoms with van der Waals surface area (Å²) < 4.78 is 15.9. The molecule has 0 amide bonds. The highest BCUT2D eigenvalue weighted by molar-refractivity contribution is 9.10. The van der Waals surface area contributed by atoms with Crippen LogP contribution in [0.15, 0.2) is 58.6 Å².